The van der Waals surface area contributed by atoms with Crippen LogP contribution in [0.5, 0.6) is 0 Å². The zero-order valence-corrected chi connectivity index (χ0v) is 10.3. The maximum atomic E-state index is 4.50. The Morgan fingerprint density at radius 3 is 2.79 bits per heavy atom. The van der Waals surface area contributed by atoms with Crippen LogP contribution in [0.3, 0.4) is 0 Å². The van der Waals surface area contributed by atoms with Crippen molar-refractivity contribution in [2.45, 2.75) is 0 Å². The van der Waals surface area contributed by atoms with Crippen molar-refractivity contribution >= 4 is 28.8 Å². The van der Waals surface area contributed by atoms with Gasteiger partial charge in [0.25, 0.3) is 0 Å². The van der Waals surface area contributed by atoms with E-state index in [9.17, 15) is 0 Å². The Morgan fingerprint density at radius 1 is 0.947 bits per heavy atom. The summed E-state index contributed by atoms with van der Waals surface area (Å²) < 4.78 is 0. The van der Waals surface area contributed by atoms with Crippen LogP contribution in [-0.2, 0) is 0 Å². The highest BCUT2D eigenvalue weighted by Gasteiger charge is 2.11. The van der Waals surface area contributed by atoms with Crippen molar-refractivity contribution in [1.29, 1.82) is 0 Å². The van der Waals surface area contributed by atoms with Gasteiger partial charge in [-0.2, -0.15) is 0 Å². The second kappa shape index (κ2) is 3.95. The predicted octanol–water partition coefficient (Wildman–Crippen LogP) is 4.10. The van der Waals surface area contributed by atoms with Crippen molar-refractivity contribution < 1.29 is 0 Å². The molecular formula is C17H12N2. The third kappa shape index (κ3) is 1.61. The van der Waals surface area contributed by atoms with E-state index in [0.29, 0.717) is 0 Å². The fraction of sp³-hybridized carbons (Fsp3) is 0. The largest absolute Gasteiger partial charge is 0.361 e. The van der Waals surface area contributed by atoms with E-state index in [0.717, 1.165) is 11.4 Å². The third-order valence-electron chi connectivity index (χ3n) is 3.49. The average Bonchev–Trinajstić information content (AvgIpc) is 3.05. The molecule has 0 aliphatic carbocycles. The van der Waals surface area contributed by atoms with Crippen molar-refractivity contribution in [3.8, 4) is 0 Å². The molecule has 0 amide bonds. The van der Waals surface area contributed by atoms with E-state index >= 15 is 0 Å². The van der Waals surface area contributed by atoms with Crippen LogP contribution >= 0.6 is 0 Å². The molecule has 1 aliphatic heterocycles. The molecule has 2 aromatic carbocycles. The smallest absolute Gasteiger partial charge is 0.0729 e. The molecule has 1 N–H and O–H groups in total. The minimum Gasteiger partial charge on any atom is -0.361 e. The number of rotatable bonds is 1. The number of nitrogens with one attached hydrogen (secondary N) is 1. The van der Waals surface area contributed by atoms with Crippen LogP contribution in [0.2, 0.25) is 0 Å². The number of H-pyrrole nitrogens is 1. The summed E-state index contributed by atoms with van der Waals surface area (Å²) in [5.41, 5.74) is 4.51. The molecule has 1 aromatic heterocycles. The Balaban J connectivity index is 1.88. The molecule has 90 valence electrons. The molecule has 1 aliphatic rings. The number of fused-ring (bicyclic) bond motifs is 2. The van der Waals surface area contributed by atoms with Crippen LogP contribution < -0.4 is 0 Å². The molecule has 2 heterocycles. The first-order chi connectivity index (χ1) is 9.42. The highest BCUT2D eigenvalue weighted by molar-refractivity contribution is 6.03. The van der Waals surface area contributed by atoms with Gasteiger partial charge in [0, 0.05) is 34.6 Å². The van der Waals surface area contributed by atoms with E-state index in [2.05, 4.69) is 52.5 Å². The summed E-state index contributed by atoms with van der Waals surface area (Å²) in [6.07, 6.45) is 6.07. The molecule has 0 radical (unpaired) electrons. The Bertz CT molecular complexity index is 822. The zero-order valence-electron chi connectivity index (χ0n) is 10.3. The lowest BCUT2D eigenvalue weighted by atomic mass is 10.1. The lowest BCUT2D eigenvalue weighted by Gasteiger charge is -1.99. The molecule has 4 rings (SSSR count). The van der Waals surface area contributed by atoms with Gasteiger partial charge in [0.05, 0.1) is 5.70 Å². The van der Waals surface area contributed by atoms with Gasteiger partial charge in [-0.15, -0.1) is 0 Å². The molecule has 0 fully saturated rings. The molecule has 2 heteroatoms. The number of benzene rings is 2. The first kappa shape index (κ1) is 10.3. The molecule has 0 atom stereocenters. The van der Waals surface area contributed by atoms with Crippen LogP contribution in [0.15, 0.2) is 59.7 Å². The molecule has 0 unspecified atom stereocenters. The van der Waals surface area contributed by atoms with Crippen molar-refractivity contribution in [3.63, 3.8) is 0 Å². The van der Waals surface area contributed by atoms with Crippen molar-refractivity contribution in [2.75, 3.05) is 0 Å². The highest BCUT2D eigenvalue weighted by atomic mass is 14.8. The molecule has 0 spiro atoms. The van der Waals surface area contributed by atoms with Crippen LogP contribution in [0.4, 0.5) is 0 Å². The minimum absolute atomic E-state index is 1.02. The summed E-state index contributed by atoms with van der Waals surface area (Å²) in [6, 6.07) is 16.6. The first-order valence-electron chi connectivity index (χ1n) is 6.33. The molecular weight excluding hydrogens is 232 g/mol. The number of hydrogen-bond donors (Lipinski definition) is 1. The standard InChI is InChI=1S/C17H12N2/c1-3-7-14-12(5-1)10-18-16(14)9-17-15-8-4-2-6-13(15)11-19-17/h1-11,18H/b17-9+. The van der Waals surface area contributed by atoms with Crippen molar-refractivity contribution in [2.24, 2.45) is 4.99 Å². The van der Waals surface area contributed by atoms with Crippen LogP contribution in [-0.4, -0.2) is 11.2 Å². The van der Waals surface area contributed by atoms with Gasteiger partial charge in [-0.3, -0.25) is 4.99 Å². The molecule has 0 bridgehead atoms. The summed E-state index contributed by atoms with van der Waals surface area (Å²) in [6.45, 7) is 0. The Kier molecular flexibility index (Phi) is 2.15. The summed E-state index contributed by atoms with van der Waals surface area (Å²) in [4.78, 5) is 7.82. The van der Waals surface area contributed by atoms with Crippen molar-refractivity contribution in [3.05, 3.63) is 71.5 Å². The van der Waals surface area contributed by atoms with E-state index in [1.54, 1.807) is 0 Å². The summed E-state index contributed by atoms with van der Waals surface area (Å²) in [5.74, 6) is 0. The minimum atomic E-state index is 1.02. The number of aromatic nitrogens is 1. The monoisotopic (exact) mass is 244 g/mol. The van der Waals surface area contributed by atoms with Gasteiger partial charge in [-0.1, -0.05) is 48.5 Å². The van der Waals surface area contributed by atoms with Gasteiger partial charge in [0.15, 0.2) is 0 Å². The van der Waals surface area contributed by atoms with Crippen LogP contribution in [0.1, 0.15) is 16.8 Å². The van der Waals surface area contributed by atoms with Gasteiger partial charge in [0.1, 0.15) is 0 Å². The highest BCUT2D eigenvalue weighted by Crippen LogP contribution is 2.29. The normalized spacial score (nSPS) is 15.3. The lowest BCUT2D eigenvalue weighted by molar-refractivity contribution is 1.39. The van der Waals surface area contributed by atoms with Gasteiger partial charge >= 0.3 is 0 Å². The quantitative estimate of drug-likeness (QED) is 0.667. The van der Waals surface area contributed by atoms with E-state index in [1.807, 2.05) is 24.5 Å². The number of aromatic amines is 1. The second-order valence-corrected chi connectivity index (χ2v) is 4.66. The topological polar surface area (TPSA) is 28.1 Å². The zero-order chi connectivity index (χ0) is 12.7. The molecule has 0 saturated carbocycles. The Morgan fingerprint density at radius 2 is 1.79 bits per heavy atom. The summed E-state index contributed by atoms with van der Waals surface area (Å²) in [7, 11) is 0. The van der Waals surface area contributed by atoms with Crippen LogP contribution in [0, 0.1) is 0 Å². The van der Waals surface area contributed by atoms with E-state index in [1.165, 1.54) is 21.9 Å². The Hall–Kier alpha value is -2.61. The number of aliphatic imine (C=N–C) groups is 1. The summed E-state index contributed by atoms with van der Waals surface area (Å²) in [5, 5.41) is 2.46. The fourth-order valence-electron chi connectivity index (χ4n) is 2.52. The molecule has 0 saturated heterocycles. The maximum absolute atomic E-state index is 4.50. The summed E-state index contributed by atoms with van der Waals surface area (Å²) >= 11 is 0. The lowest BCUT2D eigenvalue weighted by Crippen LogP contribution is -1.82. The second-order valence-electron chi connectivity index (χ2n) is 4.66. The Labute approximate surface area is 111 Å². The predicted molar refractivity (Wildman–Crippen MR) is 80.2 cm³/mol. The third-order valence-corrected chi connectivity index (χ3v) is 3.49. The van der Waals surface area contributed by atoms with Crippen molar-refractivity contribution in [1.82, 2.24) is 4.98 Å². The van der Waals surface area contributed by atoms with E-state index < -0.39 is 0 Å². The van der Waals surface area contributed by atoms with Crippen LogP contribution in [0.25, 0.3) is 22.5 Å². The molecule has 19 heavy (non-hydrogen) atoms. The molecule has 2 nitrogen and oxygen atoms in total. The van der Waals surface area contributed by atoms with Gasteiger partial charge < -0.3 is 4.98 Å². The average molecular weight is 244 g/mol. The van der Waals surface area contributed by atoms with Gasteiger partial charge in [-0.25, -0.2) is 0 Å². The fourth-order valence-corrected chi connectivity index (χ4v) is 2.52. The van der Waals surface area contributed by atoms with E-state index in [-0.39, 0.29) is 0 Å². The molecule has 3 aromatic rings. The SMILES string of the molecule is C1=N/C(=C/c2[nH]cc3ccccc23)c2ccccc21. The number of nitrogens with zero attached hydrogens (tertiary/aromatic N) is 1. The first-order valence-corrected chi connectivity index (χ1v) is 6.33. The van der Waals surface area contributed by atoms with Gasteiger partial charge in [-0.05, 0) is 11.5 Å². The maximum Gasteiger partial charge on any atom is 0.0729 e. The number of hydrogen-bond acceptors (Lipinski definition) is 1. The van der Waals surface area contributed by atoms with E-state index in [4.69, 9.17) is 0 Å². The van der Waals surface area contributed by atoms with Gasteiger partial charge in [0.2, 0.25) is 0 Å².